The molecule has 31 heavy (non-hydrogen) atoms. The van der Waals surface area contributed by atoms with Crippen LogP contribution in [0.1, 0.15) is 36.8 Å². The molecule has 0 fully saturated rings. The van der Waals surface area contributed by atoms with Crippen molar-refractivity contribution in [3.8, 4) is 0 Å². The molecule has 2 nitrogen and oxygen atoms in total. The van der Waals surface area contributed by atoms with Crippen molar-refractivity contribution in [3.63, 3.8) is 0 Å². The van der Waals surface area contributed by atoms with E-state index in [4.69, 9.17) is 9.47 Å². The van der Waals surface area contributed by atoms with E-state index in [-0.39, 0.29) is 0 Å². The first-order valence-electron chi connectivity index (χ1n) is 11.4. The molecule has 0 spiro atoms. The molecular weight excluding hydrogens is 495 g/mol. The fourth-order valence-electron chi connectivity index (χ4n) is 4.45. The van der Waals surface area contributed by atoms with Crippen LogP contribution in [0.5, 0.6) is 0 Å². The van der Waals surface area contributed by atoms with Gasteiger partial charge in [0.2, 0.25) is 0 Å². The molecule has 3 heteroatoms. The van der Waals surface area contributed by atoms with Gasteiger partial charge in [0.15, 0.2) is 0 Å². The summed E-state index contributed by atoms with van der Waals surface area (Å²) in [7, 11) is 0. The highest BCUT2D eigenvalue weighted by Gasteiger charge is 2.21. The van der Waals surface area contributed by atoms with Gasteiger partial charge in [0.05, 0.1) is 12.4 Å². The molecule has 2 aliphatic rings. The molecule has 1 unspecified atom stereocenters. The van der Waals surface area contributed by atoms with Crippen LogP contribution in [-0.4, -0.2) is 23.7 Å². The SMILES string of the molecule is C1=CCOC=C1.ICCCCCOC1CCc2c(ccc3c2ccc2ccccc23)C1. The number of rotatable bonds is 6. The molecule has 0 radical (unpaired) electrons. The summed E-state index contributed by atoms with van der Waals surface area (Å²) in [6.07, 6.45) is 15.1. The quantitative estimate of drug-likeness (QED) is 0.143. The molecule has 5 rings (SSSR count). The Hall–Kier alpha value is -1.85. The minimum Gasteiger partial charge on any atom is -0.497 e. The van der Waals surface area contributed by atoms with Gasteiger partial charge in [-0.15, -0.1) is 0 Å². The van der Waals surface area contributed by atoms with Crippen LogP contribution < -0.4 is 0 Å². The smallest absolute Gasteiger partial charge is 0.106 e. The second kappa shape index (κ2) is 11.7. The lowest BCUT2D eigenvalue weighted by atomic mass is 9.85. The Labute approximate surface area is 199 Å². The van der Waals surface area contributed by atoms with Crippen LogP contribution >= 0.6 is 22.6 Å². The molecule has 0 bridgehead atoms. The van der Waals surface area contributed by atoms with Crippen LogP contribution in [-0.2, 0) is 22.3 Å². The van der Waals surface area contributed by atoms with Gasteiger partial charge < -0.3 is 9.47 Å². The topological polar surface area (TPSA) is 18.5 Å². The normalized spacial score (nSPS) is 17.1. The minimum atomic E-state index is 0.407. The maximum absolute atomic E-state index is 6.17. The van der Waals surface area contributed by atoms with Gasteiger partial charge in [-0.2, -0.15) is 0 Å². The van der Waals surface area contributed by atoms with E-state index in [1.807, 2.05) is 18.2 Å². The molecule has 1 aliphatic carbocycles. The number of hydrogen-bond acceptors (Lipinski definition) is 2. The lowest BCUT2D eigenvalue weighted by molar-refractivity contribution is 0.0421. The lowest BCUT2D eigenvalue weighted by Gasteiger charge is -2.26. The molecule has 1 atom stereocenters. The number of unbranched alkanes of at least 4 members (excludes halogenated alkanes) is 2. The van der Waals surface area contributed by atoms with Crippen molar-refractivity contribution < 1.29 is 9.47 Å². The van der Waals surface area contributed by atoms with Crippen molar-refractivity contribution >= 4 is 44.1 Å². The standard InChI is InChI=1S/C23H25IO.C5H6O/c24-14-4-1-5-15-25-19-10-13-21-18(16-19)9-12-22-20-7-3-2-6-17(20)8-11-23(21)22;1-2-4-6-5-3-1/h2-3,6-9,11-12,19H,1,4-5,10,13-16H2;1-4H,5H2. The van der Waals surface area contributed by atoms with Gasteiger partial charge in [0, 0.05) is 6.61 Å². The van der Waals surface area contributed by atoms with Gasteiger partial charge >= 0.3 is 0 Å². The van der Waals surface area contributed by atoms with Crippen LogP contribution in [0.3, 0.4) is 0 Å². The number of halogens is 1. The van der Waals surface area contributed by atoms with Crippen LogP contribution in [0.15, 0.2) is 73.0 Å². The van der Waals surface area contributed by atoms with E-state index in [0.29, 0.717) is 6.10 Å². The number of allylic oxidation sites excluding steroid dienone is 2. The molecule has 0 amide bonds. The maximum Gasteiger partial charge on any atom is 0.106 e. The van der Waals surface area contributed by atoms with Gasteiger partial charge in [-0.25, -0.2) is 0 Å². The summed E-state index contributed by atoms with van der Waals surface area (Å²) in [6.45, 7) is 1.66. The molecule has 1 aliphatic heterocycles. The fourth-order valence-corrected chi connectivity index (χ4v) is 4.99. The third kappa shape index (κ3) is 5.89. The Morgan fingerprint density at radius 1 is 0.903 bits per heavy atom. The van der Waals surface area contributed by atoms with Crippen molar-refractivity contribution in [3.05, 3.63) is 84.1 Å². The van der Waals surface area contributed by atoms with Crippen LogP contribution in [0.25, 0.3) is 21.5 Å². The third-order valence-electron chi connectivity index (χ3n) is 6.04. The molecule has 0 aromatic heterocycles. The Morgan fingerprint density at radius 3 is 2.58 bits per heavy atom. The number of hydrogen-bond donors (Lipinski definition) is 0. The monoisotopic (exact) mass is 526 g/mol. The highest BCUT2D eigenvalue weighted by molar-refractivity contribution is 14.1. The largest absolute Gasteiger partial charge is 0.497 e. The molecular formula is C28H31IO2. The van der Waals surface area contributed by atoms with Gasteiger partial charge in [-0.05, 0) is 81.4 Å². The zero-order valence-electron chi connectivity index (χ0n) is 18.1. The average molecular weight is 526 g/mol. The van der Waals surface area contributed by atoms with E-state index >= 15 is 0 Å². The maximum atomic E-state index is 6.17. The average Bonchev–Trinajstić information content (AvgIpc) is 2.85. The number of ether oxygens (including phenoxy) is 2. The van der Waals surface area contributed by atoms with Crippen molar-refractivity contribution in [2.45, 2.75) is 44.6 Å². The highest BCUT2D eigenvalue weighted by Crippen LogP contribution is 2.34. The summed E-state index contributed by atoms with van der Waals surface area (Å²) in [4.78, 5) is 0. The van der Waals surface area contributed by atoms with Crippen molar-refractivity contribution in [2.75, 3.05) is 17.6 Å². The summed E-state index contributed by atoms with van der Waals surface area (Å²) in [6, 6.07) is 18.0. The second-order valence-corrected chi connectivity index (χ2v) is 9.24. The summed E-state index contributed by atoms with van der Waals surface area (Å²) >= 11 is 2.45. The number of benzene rings is 3. The van der Waals surface area contributed by atoms with E-state index in [1.165, 1.54) is 50.8 Å². The van der Waals surface area contributed by atoms with E-state index < -0.39 is 0 Å². The van der Waals surface area contributed by atoms with Crippen molar-refractivity contribution in [2.24, 2.45) is 0 Å². The van der Waals surface area contributed by atoms with E-state index in [1.54, 1.807) is 11.8 Å². The van der Waals surface area contributed by atoms with Crippen molar-refractivity contribution in [1.82, 2.24) is 0 Å². The first kappa shape index (κ1) is 22.3. The molecule has 1 heterocycles. The van der Waals surface area contributed by atoms with Crippen LogP contribution in [0.2, 0.25) is 0 Å². The molecule has 0 saturated heterocycles. The summed E-state index contributed by atoms with van der Waals surface area (Å²) in [5, 5.41) is 5.54. The van der Waals surface area contributed by atoms with Crippen molar-refractivity contribution in [1.29, 1.82) is 0 Å². The fraction of sp³-hybridized carbons (Fsp3) is 0.357. The zero-order chi connectivity index (χ0) is 21.3. The lowest BCUT2D eigenvalue weighted by Crippen LogP contribution is -2.23. The highest BCUT2D eigenvalue weighted by atomic mass is 127. The molecule has 0 N–H and O–H groups in total. The van der Waals surface area contributed by atoms with Crippen LogP contribution in [0.4, 0.5) is 0 Å². The predicted molar refractivity (Wildman–Crippen MR) is 140 cm³/mol. The molecule has 162 valence electrons. The first-order chi connectivity index (χ1) is 15.4. The first-order valence-corrected chi connectivity index (χ1v) is 12.9. The summed E-state index contributed by atoms with van der Waals surface area (Å²) < 4.78 is 12.2. The van der Waals surface area contributed by atoms with E-state index in [9.17, 15) is 0 Å². The molecule has 0 saturated carbocycles. The zero-order valence-corrected chi connectivity index (χ0v) is 20.2. The van der Waals surface area contributed by atoms with Gasteiger partial charge in [-0.3, -0.25) is 0 Å². The summed E-state index contributed by atoms with van der Waals surface area (Å²) in [5.41, 5.74) is 3.04. The third-order valence-corrected chi connectivity index (χ3v) is 6.81. The molecule has 3 aromatic rings. The Bertz CT molecular complexity index is 1040. The second-order valence-electron chi connectivity index (χ2n) is 8.16. The Morgan fingerprint density at radius 2 is 1.81 bits per heavy atom. The van der Waals surface area contributed by atoms with E-state index in [2.05, 4.69) is 71.1 Å². The van der Waals surface area contributed by atoms with Gasteiger partial charge in [0.25, 0.3) is 0 Å². The van der Waals surface area contributed by atoms with Crippen LogP contribution in [0, 0.1) is 0 Å². The molecule has 3 aromatic carbocycles. The number of aryl methyl sites for hydroxylation is 1. The minimum absolute atomic E-state index is 0.407. The van der Waals surface area contributed by atoms with Gasteiger partial charge in [-0.1, -0.05) is 83.6 Å². The number of fused-ring (bicyclic) bond motifs is 5. The van der Waals surface area contributed by atoms with E-state index in [0.717, 1.165) is 32.5 Å². The Kier molecular flexibility index (Phi) is 8.42. The Balaban J connectivity index is 0.000000334. The summed E-state index contributed by atoms with van der Waals surface area (Å²) in [5.74, 6) is 0. The van der Waals surface area contributed by atoms with Gasteiger partial charge in [0.1, 0.15) is 6.61 Å². The predicted octanol–water partition coefficient (Wildman–Crippen LogP) is 7.56. The number of alkyl halides is 1.